The predicted octanol–water partition coefficient (Wildman–Crippen LogP) is 1.62. The minimum Gasteiger partial charge on any atom is -0.480 e. The summed E-state index contributed by atoms with van der Waals surface area (Å²) in [6.07, 6.45) is 4.75. The molecule has 0 aromatic rings. The van der Waals surface area contributed by atoms with Crippen molar-refractivity contribution >= 4 is 11.9 Å². The van der Waals surface area contributed by atoms with Gasteiger partial charge in [0.15, 0.2) is 0 Å². The van der Waals surface area contributed by atoms with Gasteiger partial charge in [-0.25, -0.2) is 4.79 Å². The molecule has 5 heteroatoms. The average Bonchev–Trinajstić information content (AvgIpc) is 2.38. The van der Waals surface area contributed by atoms with E-state index in [4.69, 9.17) is 0 Å². The second kappa shape index (κ2) is 6.89. The quantitative estimate of drug-likeness (QED) is 0.769. The van der Waals surface area contributed by atoms with Crippen LogP contribution in [0.5, 0.6) is 0 Å². The van der Waals surface area contributed by atoms with Crippen molar-refractivity contribution in [2.24, 2.45) is 0 Å². The summed E-state index contributed by atoms with van der Waals surface area (Å²) in [5, 5.41) is 12.6. The number of carbonyl (C=O) groups excluding carboxylic acids is 1. The highest BCUT2D eigenvalue weighted by Gasteiger charge is 2.36. The number of nitrogens with one attached hydrogen (secondary N) is 1. The first-order valence-corrected chi connectivity index (χ1v) is 7.16. The van der Waals surface area contributed by atoms with Crippen molar-refractivity contribution in [2.75, 3.05) is 13.1 Å². The summed E-state index contributed by atoms with van der Waals surface area (Å²) >= 11 is 0. The topological polar surface area (TPSA) is 69.6 Å². The Kier molecular flexibility index (Phi) is 5.79. The average molecular weight is 270 g/mol. The number of aliphatic carboxylic acids is 1. The Labute approximate surface area is 115 Å². The molecule has 2 N–H and O–H groups in total. The van der Waals surface area contributed by atoms with Gasteiger partial charge in [-0.05, 0) is 46.6 Å². The second-order valence-corrected chi connectivity index (χ2v) is 5.69. The molecule has 1 aliphatic rings. The molecule has 1 unspecified atom stereocenters. The summed E-state index contributed by atoms with van der Waals surface area (Å²) in [5.74, 6) is -1.03. The molecule has 19 heavy (non-hydrogen) atoms. The van der Waals surface area contributed by atoms with Crippen LogP contribution >= 0.6 is 0 Å². The number of amides is 1. The molecule has 0 radical (unpaired) electrons. The zero-order chi connectivity index (χ0) is 14.5. The van der Waals surface area contributed by atoms with Crippen LogP contribution in [0.15, 0.2) is 0 Å². The van der Waals surface area contributed by atoms with Crippen LogP contribution in [0.4, 0.5) is 0 Å². The molecule has 1 rings (SSSR count). The highest BCUT2D eigenvalue weighted by Crippen LogP contribution is 2.18. The smallest absolute Gasteiger partial charge is 0.329 e. The fourth-order valence-corrected chi connectivity index (χ4v) is 2.60. The molecule has 0 aliphatic carbocycles. The van der Waals surface area contributed by atoms with Crippen molar-refractivity contribution in [3.63, 3.8) is 0 Å². The third-order valence-electron chi connectivity index (χ3n) is 3.93. The van der Waals surface area contributed by atoms with Crippen molar-refractivity contribution in [3.05, 3.63) is 0 Å². The second-order valence-electron chi connectivity index (χ2n) is 5.69. The van der Waals surface area contributed by atoms with E-state index >= 15 is 0 Å². The molecule has 0 bridgehead atoms. The molecule has 1 atom stereocenters. The van der Waals surface area contributed by atoms with E-state index in [9.17, 15) is 14.7 Å². The number of nitrogens with zero attached hydrogens (tertiary/aromatic N) is 1. The molecule has 110 valence electrons. The fourth-order valence-electron chi connectivity index (χ4n) is 2.60. The van der Waals surface area contributed by atoms with Crippen LogP contribution in [0.3, 0.4) is 0 Å². The molecular weight excluding hydrogens is 244 g/mol. The minimum atomic E-state index is -1.13. The number of rotatable bonds is 6. The molecular formula is C14H26N2O3. The predicted molar refractivity (Wildman–Crippen MR) is 74.0 cm³/mol. The third kappa shape index (κ3) is 4.20. The highest BCUT2D eigenvalue weighted by atomic mass is 16.4. The molecule has 1 heterocycles. The highest BCUT2D eigenvalue weighted by molar-refractivity contribution is 5.86. The van der Waals surface area contributed by atoms with E-state index < -0.39 is 11.5 Å². The number of likely N-dealkylation sites (N-methyl/N-ethyl adjacent to an activating group) is 1. The maximum atomic E-state index is 12.2. The number of hydrogen-bond acceptors (Lipinski definition) is 3. The molecule has 1 saturated heterocycles. The number of carbonyl (C=O) groups is 2. The number of piperidine rings is 1. The van der Waals surface area contributed by atoms with E-state index in [0.29, 0.717) is 19.0 Å². The van der Waals surface area contributed by atoms with Crippen LogP contribution in [0.25, 0.3) is 0 Å². The van der Waals surface area contributed by atoms with E-state index in [-0.39, 0.29) is 5.91 Å². The van der Waals surface area contributed by atoms with Gasteiger partial charge in [-0.3, -0.25) is 4.79 Å². The van der Waals surface area contributed by atoms with Gasteiger partial charge in [0, 0.05) is 19.0 Å². The standard InChI is InChI=1S/C14H26N2O3/c1-4-16(14(2,3)13(18)19)12(17)9-8-11-7-5-6-10-15-11/h11,15H,4-10H2,1-3H3,(H,18,19). The van der Waals surface area contributed by atoms with E-state index in [1.165, 1.54) is 17.7 Å². The Morgan fingerprint density at radius 1 is 1.37 bits per heavy atom. The SMILES string of the molecule is CCN(C(=O)CCC1CCCCN1)C(C)(C)C(=O)O. The van der Waals surface area contributed by atoms with E-state index in [0.717, 1.165) is 19.4 Å². The number of hydrogen-bond donors (Lipinski definition) is 2. The molecule has 0 saturated carbocycles. The van der Waals surface area contributed by atoms with E-state index in [2.05, 4.69) is 5.32 Å². The molecule has 0 aromatic heterocycles. The molecule has 0 spiro atoms. The molecule has 1 amide bonds. The Morgan fingerprint density at radius 2 is 2.05 bits per heavy atom. The van der Waals surface area contributed by atoms with Crippen LogP contribution in [0.1, 0.15) is 52.9 Å². The van der Waals surface area contributed by atoms with Gasteiger partial charge in [-0.15, -0.1) is 0 Å². The molecule has 1 aliphatic heterocycles. The van der Waals surface area contributed by atoms with E-state index in [1.807, 2.05) is 6.92 Å². The Bertz CT molecular complexity index is 323. The first kappa shape index (κ1) is 16.0. The normalized spacial score (nSPS) is 20.1. The van der Waals surface area contributed by atoms with E-state index in [1.54, 1.807) is 13.8 Å². The summed E-state index contributed by atoms with van der Waals surface area (Å²) in [6.45, 7) is 6.43. The van der Waals surface area contributed by atoms with Crippen LogP contribution < -0.4 is 5.32 Å². The summed E-state index contributed by atoms with van der Waals surface area (Å²) in [7, 11) is 0. The maximum absolute atomic E-state index is 12.2. The van der Waals surface area contributed by atoms with Gasteiger partial charge < -0.3 is 15.3 Å². The number of carboxylic acids is 1. The van der Waals surface area contributed by atoms with Crippen molar-refractivity contribution in [2.45, 2.75) is 64.5 Å². The van der Waals surface area contributed by atoms with Gasteiger partial charge in [0.1, 0.15) is 5.54 Å². The van der Waals surface area contributed by atoms with Gasteiger partial charge >= 0.3 is 5.97 Å². The van der Waals surface area contributed by atoms with Gasteiger partial charge in [0.05, 0.1) is 0 Å². The van der Waals surface area contributed by atoms with Crippen LogP contribution in [0, 0.1) is 0 Å². The van der Waals surface area contributed by atoms with Crippen molar-refractivity contribution in [1.82, 2.24) is 10.2 Å². The Morgan fingerprint density at radius 3 is 2.53 bits per heavy atom. The number of carboxylic acid groups (broad SMARTS) is 1. The monoisotopic (exact) mass is 270 g/mol. The van der Waals surface area contributed by atoms with Gasteiger partial charge in [-0.2, -0.15) is 0 Å². The first-order chi connectivity index (χ1) is 8.89. The van der Waals surface area contributed by atoms with Gasteiger partial charge in [0.25, 0.3) is 0 Å². The maximum Gasteiger partial charge on any atom is 0.329 e. The van der Waals surface area contributed by atoms with Crippen LogP contribution in [-0.2, 0) is 9.59 Å². The van der Waals surface area contributed by atoms with Crippen LogP contribution in [-0.4, -0.2) is 46.6 Å². The molecule has 5 nitrogen and oxygen atoms in total. The lowest BCUT2D eigenvalue weighted by molar-refractivity contribution is -0.156. The lowest BCUT2D eigenvalue weighted by Gasteiger charge is -2.35. The zero-order valence-corrected chi connectivity index (χ0v) is 12.2. The zero-order valence-electron chi connectivity index (χ0n) is 12.2. The summed E-state index contributed by atoms with van der Waals surface area (Å²) in [4.78, 5) is 24.9. The third-order valence-corrected chi connectivity index (χ3v) is 3.93. The first-order valence-electron chi connectivity index (χ1n) is 7.16. The molecule has 0 aromatic carbocycles. The van der Waals surface area contributed by atoms with Gasteiger partial charge in [0.2, 0.25) is 5.91 Å². The fraction of sp³-hybridized carbons (Fsp3) is 0.857. The minimum absolute atomic E-state index is 0.0673. The molecule has 1 fully saturated rings. The Balaban J connectivity index is 2.52. The largest absolute Gasteiger partial charge is 0.480 e. The summed E-state index contributed by atoms with van der Waals surface area (Å²) in [5.41, 5.74) is -1.13. The van der Waals surface area contributed by atoms with Gasteiger partial charge in [-0.1, -0.05) is 6.42 Å². The Hall–Kier alpha value is -1.10. The summed E-state index contributed by atoms with van der Waals surface area (Å²) in [6, 6.07) is 0.407. The van der Waals surface area contributed by atoms with Crippen molar-refractivity contribution in [1.29, 1.82) is 0 Å². The summed E-state index contributed by atoms with van der Waals surface area (Å²) < 4.78 is 0. The van der Waals surface area contributed by atoms with Crippen molar-refractivity contribution in [3.8, 4) is 0 Å². The lowest BCUT2D eigenvalue weighted by Crippen LogP contribution is -2.53. The van der Waals surface area contributed by atoms with Crippen molar-refractivity contribution < 1.29 is 14.7 Å². The lowest BCUT2D eigenvalue weighted by atomic mass is 9.98. The van der Waals surface area contributed by atoms with Crippen LogP contribution in [0.2, 0.25) is 0 Å².